The lowest BCUT2D eigenvalue weighted by atomic mass is 9.84. The minimum atomic E-state index is -0.217. The number of carbonyl (C=O) groups is 1. The van der Waals surface area contributed by atoms with Gasteiger partial charge in [0.2, 0.25) is 0 Å². The summed E-state index contributed by atoms with van der Waals surface area (Å²) in [5.74, 6) is 1.97. The summed E-state index contributed by atoms with van der Waals surface area (Å²) in [4.78, 5) is 16.7. The van der Waals surface area contributed by atoms with Gasteiger partial charge in [0.15, 0.2) is 11.7 Å². The van der Waals surface area contributed by atoms with Crippen LogP contribution >= 0.6 is 11.3 Å². The number of amides is 1. The molecule has 1 saturated carbocycles. The molecule has 0 spiro atoms. The van der Waals surface area contributed by atoms with Gasteiger partial charge in [0.1, 0.15) is 11.5 Å². The van der Waals surface area contributed by atoms with E-state index in [1.807, 2.05) is 37.3 Å². The molecule has 2 aromatic carbocycles. The Kier molecular flexibility index (Phi) is 6.30. The van der Waals surface area contributed by atoms with E-state index < -0.39 is 0 Å². The number of thiazole rings is 1. The lowest BCUT2D eigenvalue weighted by molar-refractivity contribution is -0.118. The number of ether oxygens (including phenoxy) is 2. The zero-order valence-electron chi connectivity index (χ0n) is 16.6. The highest BCUT2D eigenvalue weighted by Gasteiger charge is 2.15. The first-order chi connectivity index (χ1) is 14.2. The molecule has 0 saturated heterocycles. The quantitative estimate of drug-likeness (QED) is 0.538. The maximum atomic E-state index is 12.3. The monoisotopic (exact) mass is 410 g/mol. The number of hydrogen-bond donors (Lipinski definition) is 1. The average molecular weight is 411 g/mol. The Labute approximate surface area is 175 Å². The van der Waals surface area contributed by atoms with Crippen molar-refractivity contribution in [3.05, 3.63) is 48.0 Å². The highest BCUT2D eigenvalue weighted by Crippen LogP contribution is 2.33. The van der Waals surface area contributed by atoms with Crippen molar-refractivity contribution >= 4 is 32.6 Å². The van der Waals surface area contributed by atoms with Crippen LogP contribution < -0.4 is 14.8 Å². The zero-order valence-corrected chi connectivity index (χ0v) is 17.5. The third-order valence-corrected chi connectivity index (χ3v) is 6.18. The third-order valence-electron chi connectivity index (χ3n) is 5.24. The van der Waals surface area contributed by atoms with Crippen LogP contribution in [0.5, 0.6) is 11.5 Å². The van der Waals surface area contributed by atoms with Crippen molar-refractivity contribution in [3.63, 3.8) is 0 Å². The van der Waals surface area contributed by atoms with Crippen molar-refractivity contribution in [1.82, 2.24) is 4.98 Å². The number of aromatic nitrogens is 1. The lowest BCUT2D eigenvalue weighted by Crippen LogP contribution is -2.20. The molecule has 6 heteroatoms. The van der Waals surface area contributed by atoms with Gasteiger partial charge in [0, 0.05) is 0 Å². The summed E-state index contributed by atoms with van der Waals surface area (Å²) in [7, 11) is 0. The summed E-state index contributed by atoms with van der Waals surface area (Å²) in [6.07, 6.45) is 6.55. The van der Waals surface area contributed by atoms with E-state index in [0.29, 0.717) is 23.4 Å². The van der Waals surface area contributed by atoms with Crippen LogP contribution in [0.4, 0.5) is 5.13 Å². The Morgan fingerprint density at radius 1 is 1.07 bits per heavy atom. The molecule has 1 aromatic heterocycles. The van der Waals surface area contributed by atoms with Crippen molar-refractivity contribution in [2.24, 2.45) is 0 Å². The van der Waals surface area contributed by atoms with Gasteiger partial charge in [-0.05, 0) is 61.6 Å². The molecule has 0 aliphatic heterocycles. The van der Waals surface area contributed by atoms with Crippen LogP contribution in [0.15, 0.2) is 42.5 Å². The molecule has 0 unspecified atom stereocenters. The molecule has 5 nitrogen and oxygen atoms in total. The Morgan fingerprint density at radius 3 is 2.59 bits per heavy atom. The first-order valence-electron chi connectivity index (χ1n) is 10.3. The Bertz CT molecular complexity index is 962. The number of hydrogen-bond acceptors (Lipinski definition) is 5. The zero-order chi connectivity index (χ0) is 20.1. The van der Waals surface area contributed by atoms with Crippen LogP contribution in [0.2, 0.25) is 0 Å². The average Bonchev–Trinajstić information content (AvgIpc) is 3.15. The minimum absolute atomic E-state index is 0.0388. The topological polar surface area (TPSA) is 60.5 Å². The van der Waals surface area contributed by atoms with Crippen LogP contribution in [0.1, 0.15) is 50.5 Å². The molecule has 1 aliphatic rings. The number of benzene rings is 2. The lowest BCUT2D eigenvalue weighted by Gasteiger charge is -2.22. The number of nitrogens with zero attached hydrogens (tertiary/aromatic N) is 1. The molecule has 1 aliphatic carbocycles. The summed E-state index contributed by atoms with van der Waals surface area (Å²) < 4.78 is 12.1. The second-order valence-electron chi connectivity index (χ2n) is 7.32. The molecule has 1 heterocycles. The predicted molar refractivity (Wildman–Crippen MR) is 117 cm³/mol. The van der Waals surface area contributed by atoms with Crippen LogP contribution in [0.25, 0.3) is 10.2 Å². The minimum Gasteiger partial charge on any atom is -0.494 e. The molecule has 4 rings (SSSR count). The summed E-state index contributed by atoms with van der Waals surface area (Å²) in [5, 5.41) is 3.38. The number of anilines is 1. The van der Waals surface area contributed by atoms with Gasteiger partial charge in [0.25, 0.3) is 5.91 Å². The van der Waals surface area contributed by atoms with E-state index in [9.17, 15) is 4.79 Å². The third kappa shape index (κ3) is 5.07. The van der Waals surface area contributed by atoms with Gasteiger partial charge >= 0.3 is 0 Å². The number of fused-ring (bicyclic) bond motifs is 1. The Balaban J connectivity index is 1.31. The van der Waals surface area contributed by atoms with Gasteiger partial charge in [0.05, 0.1) is 16.8 Å². The highest BCUT2D eigenvalue weighted by molar-refractivity contribution is 7.22. The van der Waals surface area contributed by atoms with E-state index in [1.54, 1.807) is 0 Å². The first kappa shape index (κ1) is 19.7. The fourth-order valence-corrected chi connectivity index (χ4v) is 4.70. The van der Waals surface area contributed by atoms with Gasteiger partial charge in [-0.15, -0.1) is 0 Å². The maximum Gasteiger partial charge on any atom is 0.264 e. The summed E-state index contributed by atoms with van der Waals surface area (Å²) in [6.45, 7) is 2.53. The van der Waals surface area contributed by atoms with E-state index >= 15 is 0 Å². The Hall–Kier alpha value is -2.60. The van der Waals surface area contributed by atoms with Crippen LogP contribution in [-0.4, -0.2) is 24.1 Å². The molecule has 1 N–H and O–H groups in total. The van der Waals surface area contributed by atoms with Crippen molar-refractivity contribution in [3.8, 4) is 11.5 Å². The van der Waals surface area contributed by atoms with Gasteiger partial charge < -0.3 is 9.47 Å². The maximum absolute atomic E-state index is 12.3. The second-order valence-corrected chi connectivity index (χ2v) is 8.35. The summed E-state index contributed by atoms with van der Waals surface area (Å²) >= 11 is 1.43. The van der Waals surface area contributed by atoms with Crippen molar-refractivity contribution in [2.75, 3.05) is 18.5 Å². The molecule has 3 aromatic rings. The fraction of sp³-hybridized carbons (Fsp3) is 0.391. The second kappa shape index (κ2) is 9.27. The largest absolute Gasteiger partial charge is 0.494 e. The summed E-state index contributed by atoms with van der Waals surface area (Å²) in [6, 6.07) is 13.9. The van der Waals surface area contributed by atoms with Crippen molar-refractivity contribution in [1.29, 1.82) is 0 Å². The molecule has 1 fully saturated rings. The normalized spacial score (nSPS) is 14.7. The molecule has 0 bridgehead atoms. The van der Waals surface area contributed by atoms with Gasteiger partial charge in [-0.3, -0.25) is 10.1 Å². The van der Waals surface area contributed by atoms with Gasteiger partial charge in [-0.1, -0.05) is 42.7 Å². The number of carbonyl (C=O) groups excluding carboxylic acids is 1. The van der Waals surface area contributed by atoms with Gasteiger partial charge in [-0.2, -0.15) is 0 Å². The standard InChI is InChI=1S/C23H26N2O3S/c1-2-27-19-12-13-20-21(14-19)29-23(24-20)25-22(26)15-28-18-10-8-17(9-11-18)16-6-4-3-5-7-16/h8-14,16H,2-7,15H2,1H3,(H,24,25,26). The predicted octanol–water partition coefficient (Wildman–Crippen LogP) is 5.76. The van der Waals surface area contributed by atoms with E-state index in [2.05, 4.69) is 22.4 Å². The van der Waals surface area contributed by atoms with E-state index in [4.69, 9.17) is 9.47 Å². The fourth-order valence-electron chi connectivity index (χ4n) is 3.79. The van der Waals surface area contributed by atoms with Crippen molar-refractivity contribution in [2.45, 2.75) is 44.9 Å². The SMILES string of the molecule is CCOc1ccc2nc(NC(=O)COc3ccc(C4CCCCC4)cc3)sc2c1. The molecule has 0 atom stereocenters. The van der Waals surface area contributed by atoms with E-state index in [0.717, 1.165) is 16.0 Å². The first-order valence-corrected chi connectivity index (χ1v) is 11.1. The van der Waals surface area contributed by atoms with Crippen LogP contribution in [-0.2, 0) is 4.79 Å². The van der Waals surface area contributed by atoms with Gasteiger partial charge in [-0.25, -0.2) is 4.98 Å². The molecule has 29 heavy (non-hydrogen) atoms. The number of nitrogens with one attached hydrogen (secondary N) is 1. The molecular formula is C23H26N2O3S. The number of rotatable bonds is 7. The molecule has 0 radical (unpaired) electrons. The van der Waals surface area contributed by atoms with Crippen molar-refractivity contribution < 1.29 is 14.3 Å². The smallest absolute Gasteiger partial charge is 0.264 e. The summed E-state index contributed by atoms with van der Waals surface area (Å²) in [5.41, 5.74) is 2.22. The van der Waals surface area contributed by atoms with Crippen LogP contribution in [0, 0.1) is 0 Å². The molecule has 152 valence electrons. The molecular weight excluding hydrogens is 384 g/mol. The van der Waals surface area contributed by atoms with E-state index in [1.165, 1.54) is 49.0 Å². The molecule has 1 amide bonds. The van der Waals surface area contributed by atoms with Crippen LogP contribution in [0.3, 0.4) is 0 Å². The Morgan fingerprint density at radius 2 is 1.83 bits per heavy atom. The van der Waals surface area contributed by atoms with E-state index in [-0.39, 0.29) is 12.5 Å². The highest BCUT2D eigenvalue weighted by atomic mass is 32.1.